The van der Waals surface area contributed by atoms with Crippen LogP contribution < -0.4 is 5.32 Å². The number of carbonyl (C=O) groups is 2. The maximum atomic E-state index is 13.5. The summed E-state index contributed by atoms with van der Waals surface area (Å²) in [6.45, 7) is 3.47. The third kappa shape index (κ3) is 7.53. The van der Waals surface area contributed by atoms with E-state index in [1.807, 2.05) is 49.6 Å². The Morgan fingerprint density at radius 2 is 1.73 bits per heavy atom. The molecule has 3 aromatic rings. The number of thioether (sulfide) groups is 1. The fourth-order valence-corrected chi connectivity index (χ4v) is 6.15. The van der Waals surface area contributed by atoms with Crippen molar-refractivity contribution in [2.75, 3.05) is 25.7 Å². The Labute approximate surface area is 242 Å². The molecule has 1 aliphatic rings. The third-order valence-corrected chi connectivity index (χ3v) is 8.43. The molecule has 0 spiro atoms. The van der Waals surface area contributed by atoms with E-state index in [2.05, 4.69) is 46.6 Å². The van der Waals surface area contributed by atoms with E-state index in [9.17, 15) is 14.7 Å². The lowest BCUT2D eigenvalue weighted by Gasteiger charge is -2.30. The zero-order valence-electron chi connectivity index (χ0n) is 23.6. The van der Waals surface area contributed by atoms with Gasteiger partial charge in [-0.3, -0.25) is 9.69 Å². The minimum absolute atomic E-state index is 0.330. The molecule has 1 fully saturated rings. The van der Waals surface area contributed by atoms with Crippen LogP contribution in [0.3, 0.4) is 0 Å². The molecule has 0 aliphatic carbocycles. The Bertz CT molecular complexity index is 1280. The average molecular weight is 561 g/mol. The fraction of sp³-hybridized carbons (Fsp3) is 0.394. The van der Waals surface area contributed by atoms with Crippen LogP contribution in [0.1, 0.15) is 46.3 Å². The molecule has 2 unspecified atom stereocenters. The van der Waals surface area contributed by atoms with Gasteiger partial charge in [0, 0.05) is 31.3 Å². The first-order valence-electron chi connectivity index (χ1n) is 13.9. The Morgan fingerprint density at radius 3 is 2.42 bits per heavy atom. The van der Waals surface area contributed by atoms with Gasteiger partial charge in [-0.25, -0.2) is 4.79 Å². The number of benzene rings is 3. The molecular weight excluding hydrogens is 520 g/mol. The summed E-state index contributed by atoms with van der Waals surface area (Å²) in [4.78, 5) is 27.9. The third-order valence-electron chi connectivity index (χ3n) is 7.79. The van der Waals surface area contributed by atoms with Crippen molar-refractivity contribution < 1.29 is 19.4 Å². The summed E-state index contributed by atoms with van der Waals surface area (Å²) in [5.74, 6) is -0.721. The van der Waals surface area contributed by atoms with Gasteiger partial charge < -0.3 is 15.2 Å². The second-order valence-corrected chi connectivity index (χ2v) is 11.5. The summed E-state index contributed by atoms with van der Waals surface area (Å²) in [6.07, 6.45) is 5.49. The first-order chi connectivity index (χ1) is 19.4. The molecule has 1 saturated heterocycles. The van der Waals surface area contributed by atoms with Crippen LogP contribution in [0.2, 0.25) is 0 Å². The van der Waals surface area contributed by atoms with Gasteiger partial charge in [0.1, 0.15) is 6.04 Å². The smallest absolute Gasteiger partial charge is 0.326 e. The second kappa shape index (κ2) is 14.5. The molecule has 1 amide bonds. The van der Waals surface area contributed by atoms with Gasteiger partial charge in [0.15, 0.2) is 0 Å². The van der Waals surface area contributed by atoms with Gasteiger partial charge >= 0.3 is 5.97 Å². The molecule has 3 aromatic carbocycles. The number of aliphatic carboxylic acids is 1. The van der Waals surface area contributed by atoms with Gasteiger partial charge in [0.05, 0.1) is 6.61 Å². The number of hydrogen-bond donors (Lipinski definition) is 2. The molecule has 0 aromatic heterocycles. The SMILES string of the molecule is COCC1CCC(Cc2ccccc2)N1Cc1ccc(C(=O)N[C@@H](CCSC)C(=O)O)c(-c2ccccc2C)c1. The molecule has 0 saturated carbocycles. The summed E-state index contributed by atoms with van der Waals surface area (Å²) in [7, 11) is 1.76. The summed E-state index contributed by atoms with van der Waals surface area (Å²) < 4.78 is 5.59. The quantitative estimate of drug-likeness (QED) is 0.274. The van der Waals surface area contributed by atoms with Crippen LogP contribution in [0.4, 0.5) is 0 Å². The van der Waals surface area contributed by atoms with Gasteiger partial charge in [-0.1, -0.05) is 60.7 Å². The molecule has 0 radical (unpaired) electrons. The van der Waals surface area contributed by atoms with Crippen LogP contribution in [0.15, 0.2) is 72.8 Å². The van der Waals surface area contributed by atoms with Crippen molar-refractivity contribution in [2.45, 2.75) is 57.3 Å². The Kier molecular flexibility index (Phi) is 10.8. The Morgan fingerprint density at radius 1 is 1.00 bits per heavy atom. The van der Waals surface area contributed by atoms with Gasteiger partial charge in [0.25, 0.3) is 5.91 Å². The van der Waals surface area contributed by atoms with Crippen LogP contribution in [0, 0.1) is 6.92 Å². The highest BCUT2D eigenvalue weighted by molar-refractivity contribution is 7.98. The Balaban J connectivity index is 1.65. The van der Waals surface area contributed by atoms with Gasteiger partial charge in [-0.15, -0.1) is 0 Å². The van der Waals surface area contributed by atoms with Crippen molar-refractivity contribution >= 4 is 23.6 Å². The van der Waals surface area contributed by atoms with E-state index in [-0.39, 0.29) is 5.91 Å². The Hall–Kier alpha value is -3.13. The highest BCUT2D eigenvalue weighted by Gasteiger charge is 2.33. The summed E-state index contributed by atoms with van der Waals surface area (Å²) in [6, 6.07) is 24.4. The molecule has 7 heteroatoms. The number of rotatable bonds is 13. The van der Waals surface area contributed by atoms with E-state index in [4.69, 9.17) is 4.74 Å². The first-order valence-corrected chi connectivity index (χ1v) is 15.3. The highest BCUT2D eigenvalue weighted by atomic mass is 32.2. The first kappa shape index (κ1) is 29.8. The van der Waals surface area contributed by atoms with Crippen LogP contribution in [0.5, 0.6) is 0 Å². The van der Waals surface area contributed by atoms with Gasteiger partial charge in [-0.2, -0.15) is 11.8 Å². The largest absolute Gasteiger partial charge is 0.480 e. The predicted molar refractivity (Wildman–Crippen MR) is 163 cm³/mol. The van der Waals surface area contributed by atoms with Crippen LogP contribution in [0.25, 0.3) is 11.1 Å². The number of carboxylic acid groups (broad SMARTS) is 1. The average Bonchev–Trinajstić information content (AvgIpc) is 3.32. The van der Waals surface area contributed by atoms with Gasteiger partial charge in [0.2, 0.25) is 0 Å². The number of carbonyl (C=O) groups excluding carboxylic acids is 1. The molecule has 0 bridgehead atoms. The van der Waals surface area contributed by atoms with Crippen molar-refractivity contribution in [2.24, 2.45) is 0 Å². The van der Waals surface area contributed by atoms with Crippen LogP contribution >= 0.6 is 11.8 Å². The minimum atomic E-state index is -1.01. The van der Waals surface area contributed by atoms with Crippen LogP contribution in [-0.4, -0.2) is 65.7 Å². The zero-order chi connectivity index (χ0) is 28.5. The van der Waals surface area contributed by atoms with Crippen molar-refractivity contribution in [3.05, 3.63) is 95.1 Å². The standard InChI is InChI=1S/C33H40N2O4S/c1-23-9-7-8-12-28(23)30-20-25(13-16-29(30)32(36)34-31(33(37)38)17-18-40-3)21-35-26(14-15-27(35)22-39-2)19-24-10-5-4-6-11-24/h4-13,16,20,26-27,31H,14-15,17-19,21-22H2,1-3H3,(H,34,36)(H,37,38)/t26?,27?,31-/m0/s1. The summed E-state index contributed by atoms with van der Waals surface area (Å²) in [5, 5.41) is 12.5. The fourth-order valence-electron chi connectivity index (χ4n) is 5.68. The minimum Gasteiger partial charge on any atom is -0.480 e. The van der Waals surface area contributed by atoms with Crippen LogP contribution in [-0.2, 0) is 22.5 Å². The van der Waals surface area contributed by atoms with E-state index in [1.165, 1.54) is 5.56 Å². The van der Waals surface area contributed by atoms with E-state index >= 15 is 0 Å². The topological polar surface area (TPSA) is 78.9 Å². The predicted octanol–water partition coefficient (Wildman–Crippen LogP) is 5.82. The summed E-state index contributed by atoms with van der Waals surface area (Å²) >= 11 is 1.56. The molecule has 212 valence electrons. The van der Waals surface area contributed by atoms with E-state index in [0.717, 1.165) is 48.1 Å². The number of aryl methyl sites for hydroxylation is 1. The van der Waals surface area contributed by atoms with Crippen molar-refractivity contribution in [3.63, 3.8) is 0 Å². The number of nitrogens with one attached hydrogen (secondary N) is 1. The number of amides is 1. The molecule has 1 heterocycles. The summed E-state index contributed by atoms with van der Waals surface area (Å²) in [5.41, 5.74) is 5.80. The van der Waals surface area contributed by atoms with E-state index in [1.54, 1.807) is 18.9 Å². The number of likely N-dealkylation sites (tertiary alicyclic amines) is 1. The normalized spacial score (nSPS) is 18.0. The number of ether oxygens (including phenoxy) is 1. The maximum Gasteiger partial charge on any atom is 0.326 e. The molecule has 2 N–H and O–H groups in total. The number of methoxy groups -OCH3 is 1. The van der Waals surface area contributed by atoms with Crippen molar-refractivity contribution in [3.8, 4) is 11.1 Å². The lowest BCUT2D eigenvalue weighted by atomic mass is 9.93. The van der Waals surface area contributed by atoms with Crippen molar-refractivity contribution in [1.82, 2.24) is 10.2 Å². The molecular formula is C33H40N2O4S. The number of nitrogens with zero attached hydrogens (tertiary/aromatic N) is 1. The van der Waals surface area contributed by atoms with E-state index < -0.39 is 12.0 Å². The number of carboxylic acids is 1. The molecule has 1 aliphatic heterocycles. The highest BCUT2D eigenvalue weighted by Crippen LogP contribution is 2.32. The van der Waals surface area contributed by atoms with E-state index in [0.29, 0.717) is 36.4 Å². The lowest BCUT2D eigenvalue weighted by Crippen LogP contribution is -2.41. The molecule has 3 atom stereocenters. The number of hydrogen-bond acceptors (Lipinski definition) is 5. The maximum absolute atomic E-state index is 13.5. The second-order valence-electron chi connectivity index (χ2n) is 10.5. The zero-order valence-corrected chi connectivity index (χ0v) is 24.5. The monoisotopic (exact) mass is 560 g/mol. The van der Waals surface area contributed by atoms with Gasteiger partial charge in [-0.05, 0) is 84.6 Å². The van der Waals surface area contributed by atoms with Crippen molar-refractivity contribution in [1.29, 1.82) is 0 Å². The molecule has 4 rings (SSSR count). The molecule has 40 heavy (non-hydrogen) atoms. The molecule has 6 nitrogen and oxygen atoms in total. The lowest BCUT2D eigenvalue weighted by molar-refractivity contribution is -0.139.